The van der Waals surface area contributed by atoms with Gasteiger partial charge in [0.1, 0.15) is 35.8 Å². The summed E-state index contributed by atoms with van der Waals surface area (Å²) in [5.41, 5.74) is 35.1. The van der Waals surface area contributed by atoms with Crippen LogP contribution in [0.3, 0.4) is 0 Å². The number of H-pyrrole nitrogens is 1. The molecule has 1 fully saturated rings. The maximum absolute atomic E-state index is 14.7. The Kier molecular flexibility index (Phi) is 24.4. The van der Waals surface area contributed by atoms with Crippen molar-refractivity contribution in [3.63, 3.8) is 0 Å². The molecule has 0 aliphatic carbocycles. The number of aliphatic imine (C=N–C) groups is 2. The van der Waals surface area contributed by atoms with Gasteiger partial charge in [0.25, 0.3) is 0 Å². The van der Waals surface area contributed by atoms with E-state index in [0.717, 1.165) is 30.0 Å². The third kappa shape index (κ3) is 21.4. The molecule has 26 heteroatoms. The number of nitrogens with one attached hydrogen (secondary N) is 7. The van der Waals surface area contributed by atoms with Gasteiger partial charge in [0.05, 0.1) is 12.5 Å². The molecule has 1 aliphatic heterocycles. The molecule has 77 heavy (non-hydrogen) atoms. The van der Waals surface area contributed by atoms with E-state index in [2.05, 4.69) is 46.9 Å². The van der Waals surface area contributed by atoms with Crippen molar-refractivity contribution in [2.45, 2.75) is 127 Å². The summed E-state index contributed by atoms with van der Waals surface area (Å²) in [5.74, 6) is -11.2. The van der Waals surface area contributed by atoms with Crippen LogP contribution in [0.4, 0.5) is 4.39 Å². The molecule has 1 aliphatic rings. The number of ketones is 2. The Morgan fingerprint density at radius 1 is 0.727 bits per heavy atom. The van der Waals surface area contributed by atoms with Crippen molar-refractivity contribution >= 4 is 81.6 Å². The number of aromatic amines is 1. The molecule has 8 amide bonds. The van der Waals surface area contributed by atoms with Crippen molar-refractivity contribution in [2.75, 3.05) is 19.6 Å². The summed E-state index contributed by atoms with van der Waals surface area (Å²) < 4.78 is 14.2. The first-order chi connectivity index (χ1) is 36.6. The van der Waals surface area contributed by atoms with Crippen molar-refractivity contribution in [2.24, 2.45) is 56.2 Å². The van der Waals surface area contributed by atoms with E-state index in [4.69, 9.17) is 34.4 Å². The van der Waals surface area contributed by atoms with Crippen LogP contribution in [0, 0.1) is 17.7 Å². The van der Waals surface area contributed by atoms with Gasteiger partial charge in [0, 0.05) is 74.8 Å². The maximum atomic E-state index is 14.7. The standard InChI is InChI=1S/C51H72FN15O10/c1-28(68)63-37(12-7-21-61-51(57)58)47(75)67-40-26-44(72)59-19-5-4-11-36(45(54)73)64-46(74)31(23-32-27-62-35-10-3-2-9-34(32)35)25-41(69)30(8-6-20-60-50(55)56)24-42(70)39(22-29-13-15-33(52)16-14-29)66-48(76)38(65-49(40)77)17-18-43(53)71/h2-3,9-10,13-16,27,30-31,36-40,62H,4-8,11-12,17-26H2,1H3,(H2,53,71)(H2,54,73)(H,59,72)(H,63,68)(H,64,74)(H,65,77)(H,66,76)(H,67,75)(H4,55,56,60)(H4,57,58,61)/t30-,31-,36+,37-,38+,39-,40+/m1/s1. The van der Waals surface area contributed by atoms with Crippen LogP contribution in [0.25, 0.3) is 10.9 Å². The topological polar surface area (TPSA) is 440 Å². The molecule has 0 bridgehead atoms. The molecule has 19 N–H and O–H groups in total. The van der Waals surface area contributed by atoms with Gasteiger partial charge < -0.3 is 71.3 Å². The quantitative estimate of drug-likeness (QED) is 0.0359. The number of aromatic nitrogens is 1. The molecule has 1 saturated heterocycles. The molecule has 418 valence electrons. The first kappa shape index (κ1) is 61.1. The number of para-hydroxylation sites is 1. The van der Waals surface area contributed by atoms with Crippen LogP contribution >= 0.6 is 0 Å². The molecule has 7 atom stereocenters. The third-order valence-electron chi connectivity index (χ3n) is 12.8. The molecule has 0 radical (unpaired) electrons. The van der Waals surface area contributed by atoms with Crippen molar-refractivity contribution in [3.8, 4) is 0 Å². The van der Waals surface area contributed by atoms with E-state index in [1.165, 1.54) is 12.1 Å². The van der Waals surface area contributed by atoms with Crippen LogP contribution in [0.5, 0.6) is 0 Å². The maximum Gasteiger partial charge on any atom is 0.243 e. The zero-order chi connectivity index (χ0) is 56.6. The molecule has 25 nitrogen and oxygen atoms in total. The zero-order valence-corrected chi connectivity index (χ0v) is 43.1. The van der Waals surface area contributed by atoms with Crippen molar-refractivity contribution in [3.05, 3.63) is 71.7 Å². The Labute approximate surface area is 444 Å². The monoisotopic (exact) mass is 1070 g/mol. The van der Waals surface area contributed by atoms with E-state index in [1.54, 1.807) is 6.20 Å². The van der Waals surface area contributed by atoms with Gasteiger partial charge in [-0.15, -0.1) is 0 Å². The smallest absolute Gasteiger partial charge is 0.243 e. The zero-order valence-electron chi connectivity index (χ0n) is 43.1. The largest absolute Gasteiger partial charge is 0.370 e. The van der Waals surface area contributed by atoms with E-state index in [9.17, 15) is 52.3 Å². The van der Waals surface area contributed by atoms with Gasteiger partial charge in [0.15, 0.2) is 17.7 Å². The lowest BCUT2D eigenvalue weighted by molar-refractivity contribution is -0.136. The van der Waals surface area contributed by atoms with Crippen molar-refractivity contribution in [1.29, 1.82) is 0 Å². The summed E-state index contributed by atoms with van der Waals surface area (Å²) >= 11 is 0. The number of nitrogens with zero attached hydrogens (tertiary/aromatic N) is 2. The number of rotatable bonds is 19. The lowest BCUT2D eigenvalue weighted by Gasteiger charge is -2.27. The highest BCUT2D eigenvalue weighted by molar-refractivity contribution is 5.99. The van der Waals surface area contributed by atoms with Gasteiger partial charge in [-0.3, -0.25) is 57.9 Å². The minimum Gasteiger partial charge on any atom is -0.370 e. The number of Topliss-reactive ketones (excluding diaryl/α,β-unsaturated/α-hetero) is 2. The first-order valence-corrected chi connectivity index (χ1v) is 25.4. The van der Waals surface area contributed by atoms with Gasteiger partial charge in [-0.05, 0) is 93.5 Å². The average Bonchev–Trinajstić information content (AvgIpc) is 3.78. The van der Waals surface area contributed by atoms with Gasteiger partial charge in [-0.1, -0.05) is 30.3 Å². The summed E-state index contributed by atoms with van der Waals surface area (Å²) in [6.45, 7) is 1.28. The lowest BCUT2D eigenvalue weighted by Crippen LogP contribution is -2.58. The Bertz CT molecular complexity index is 2630. The fraction of sp³-hybridized carbons (Fsp3) is 0.490. The molecule has 2 aromatic carbocycles. The van der Waals surface area contributed by atoms with E-state index in [0.29, 0.717) is 11.1 Å². The fourth-order valence-corrected chi connectivity index (χ4v) is 8.78. The second kappa shape index (κ2) is 30.8. The number of nitrogens with two attached hydrogens (primary N) is 6. The minimum atomic E-state index is -1.73. The number of halogens is 1. The number of fused-ring (bicyclic) bond motifs is 1. The Balaban J connectivity index is 1.80. The van der Waals surface area contributed by atoms with E-state index < -0.39 is 139 Å². The Morgan fingerprint density at radius 2 is 1.39 bits per heavy atom. The van der Waals surface area contributed by atoms with Crippen molar-refractivity contribution < 1.29 is 52.3 Å². The van der Waals surface area contributed by atoms with Crippen LogP contribution in [0.15, 0.2) is 64.7 Å². The number of hydrogen-bond donors (Lipinski definition) is 13. The van der Waals surface area contributed by atoms with E-state index >= 15 is 0 Å². The van der Waals surface area contributed by atoms with E-state index in [1.807, 2.05) is 24.3 Å². The molecular formula is C51H72FN15O10. The summed E-state index contributed by atoms with van der Waals surface area (Å²) in [4.78, 5) is 148. The third-order valence-corrected chi connectivity index (χ3v) is 12.8. The highest BCUT2D eigenvalue weighted by Crippen LogP contribution is 2.26. The molecule has 0 saturated carbocycles. The number of hydrogen-bond acceptors (Lipinski definition) is 12. The van der Waals surface area contributed by atoms with Crippen LogP contribution < -0.4 is 66.3 Å². The number of carbonyl (C=O) groups excluding carboxylic acids is 10. The second-order valence-electron chi connectivity index (χ2n) is 19.0. The molecule has 2 heterocycles. The minimum absolute atomic E-state index is 0.0178. The van der Waals surface area contributed by atoms with Crippen LogP contribution in [0.2, 0.25) is 0 Å². The lowest BCUT2D eigenvalue weighted by atomic mass is 9.83. The number of carbonyl (C=O) groups is 10. The van der Waals surface area contributed by atoms with Gasteiger partial charge in [-0.25, -0.2) is 4.39 Å². The number of primary amides is 2. The first-order valence-electron chi connectivity index (χ1n) is 25.4. The van der Waals surface area contributed by atoms with E-state index in [-0.39, 0.29) is 89.3 Å². The summed E-state index contributed by atoms with van der Waals surface area (Å²) in [5, 5.41) is 16.2. The van der Waals surface area contributed by atoms with Crippen LogP contribution in [0.1, 0.15) is 95.1 Å². The SMILES string of the molecule is CC(=O)N[C@H](CCCN=C(N)N)C(=O)N[C@H]1CC(=O)NCCCC[C@@H](C(N)=O)NC(=O)[C@H](Cc2c[nH]c3ccccc23)CC(=O)[C@H](CCCN=C(N)N)CC(=O)[C@@H](Cc2ccc(F)cc2)NC(=O)[C@H](CCC(N)=O)NC1=O. The average molecular weight is 1070 g/mol. The Hall–Kier alpha value is -8.45. The number of amides is 8. The predicted molar refractivity (Wildman–Crippen MR) is 283 cm³/mol. The normalized spacial score (nSPS) is 21.0. The Morgan fingerprint density at radius 3 is 2.05 bits per heavy atom. The number of guanidine groups is 2. The van der Waals surface area contributed by atoms with Gasteiger partial charge in [-0.2, -0.15) is 0 Å². The fourth-order valence-electron chi connectivity index (χ4n) is 8.78. The molecular weight excluding hydrogens is 1000 g/mol. The predicted octanol–water partition coefficient (Wildman–Crippen LogP) is -1.76. The molecule has 4 rings (SSSR count). The number of benzene rings is 2. The highest BCUT2D eigenvalue weighted by atomic mass is 19.1. The molecule has 0 unspecified atom stereocenters. The van der Waals surface area contributed by atoms with Gasteiger partial charge in [0.2, 0.25) is 47.3 Å². The molecule has 0 spiro atoms. The van der Waals surface area contributed by atoms with Crippen LogP contribution in [-0.2, 0) is 60.8 Å². The van der Waals surface area contributed by atoms with Crippen molar-refractivity contribution in [1.82, 2.24) is 36.9 Å². The summed E-state index contributed by atoms with van der Waals surface area (Å²) in [6, 6.07) is 5.03. The molecule has 3 aromatic rings. The van der Waals surface area contributed by atoms with Crippen LogP contribution in [-0.4, -0.2) is 126 Å². The van der Waals surface area contributed by atoms with Gasteiger partial charge >= 0.3 is 0 Å². The second-order valence-corrected chi connectivity index (χ2v) is 19.0. The summed E-state index contributed by atoms with van der Waals surface area (Å²) in [6.07, 6.45) is -0.204. The summed E-state index contributed by atoms with van der Waals surface area (Å²) in [7, 11) is 0. The highest BCUT2D eigenvalue weighted by Gasteiger charge is 2.36. The molecule has 1 aromatic heterocycles.